The smallest absolute Gasteiger partial charge is 0.275 e. The van der Waals surface area contributed by atoms with Gasteiger partial charge in [-0.3, -0.25) is 4.79 Å². The molecule has 0 amide bonds. The third kappa shape index (κ3) is 2.99. The molecule has 0 aromatic carbocycles. The van der Waals surface area contributed by atoms with Crippen LogP contribution in [0.4, 0.5) is 0 Å². The second kappa shape index (κ2) is 6.24. The van der Waals surface area contributed by atoms with Crippen LogP contribution in [-0.2, 0) is 24.2 Å². The first kappa shape index (κ1) is 15.1. The van der Waals surface area contributed by atoms with Gasteiger partial charge in [-0.15, -0.1) is 0 Å². The molecule has 0 saturated heterocycles. The highest BCUT2D eigenvalue weighted by Gasteiger charge is 2.23. The Morgan fingerprint density at radius 1 is 1.29 bits per heavy atom. The first-order chi connectivity index (χ1) is 11.7. The number of pyridine rings is 1. The van der Waals surface area contributed by atoms with Crippen LogP contribution in [-0.4, -0.2) is 33.0 Å². The summed E-state index contributed by atoms with van der Waals surface area (Å²) in [5.74, 6) is 1.74. The highest BCUT2D eigenvalue weighted by atomic mass is 16.5. The van der Waals surface area contributed by atoms with Crippen LogP contribution in [0.2, 0.25) is 0 Å². The van der Waals surface area contributed by atoms with Crippen LogP contribution in [0.15, 0.2) is 33.8 Å². The molecule has 126 valence electrons. The number of ether oxygens (including phenoxy) is 1. The van der Waals surface area contributed by atoms with Gasteiger partial charge in [0.2, 0.25) is 5.89 Å². The van der Waals surface area contributed by atoms with E-state index in [2.05, 4.69) is 14.7 Å². The molecule has 1 aliphatic rings. The molecule has 4 rings (SSSR count). The molecule has 3 heterocycles. The molecule has 7 nitrogen and oxygen atoms in total. The van der Waals surface area contributed by atoms with Gasteiger partial charge < -0.3 is 18.4 Å². The van der Waals surface area contributed by atoms with Crippen molar-refractivity contribution in [2.75, 3.05) is 13.7 Å². The number of aromatic nitrogens is 4. The molecule has 3 aromatic rings. The van der Waals surface area contributed by atoms with E-state index in [4.69, 9.17) is 9.26 Å². The Balaban J connectivity index is 1.60. The lowest BCUT2D eigenvalue weighted by molar-refractivity contribution is 0.199. The molecule has 1 aliphatic carbocycles. The fourth-order valence-electron chi connectivity index (χ4n) is 2.89. The summed E-state index contributed by atoms with van der Waals surface area (Å²) in [6.45, 7) is 1.74. The molecular weight excluding hydrogens is 308 g/mol. The van der Waals surface area contributed by atoms with Crippen LogP contribution in [0.5, 0.6) is 0 Å². The second-order valence-electron chi connectivity index (χ2n) is 6.31. The van der Waals surface area contributed by atoms with Gasteiger partial charge in [0.05, 0.1) is 6.61 Å². The van der Waals surface area contributed by atoms with E-state index in [-0.39, 0.29) is 12.1 Å². The normalized spacial score (nSPS) is 14.5. The van der Waals surface area contributed by atoms with Crippen molar-refractivity contribution >= 4 is 10.9 Å². The number of hydrogen-bond acceptors (Lipinski definition) is 5. The summed E-state index contributed by atoms with van der Waals surface area (Å²) < 4.78 is 13.9. The lowest BCUT2D eigenvalue weighted by Crippen LogP contribution is -2.22. The van der Waals surface area contributed by atoms with Crippen molar-refractivity contribution in [3.63, 3.8) is 0 Å². The fourth-order valence-corrected chi connectivity index (χ4v) is 2.89. The third-order valence-electron chi connectivity index (χ3n) is 4.39. The highest BCUT2D eigenvalue weighted by Crippen LogP contribution is 2.31. The summed E-state index contributed by atoms with van der Waals surface area (Å²) in [6.07, 6.45) is 6.90. The molecule has 0 atom stereocenters. The number of hydrogen-bond donors (Lipinski definition) is 0. The Morgan fingerprint density at radius 2 is 2.08 bits per heavy atom. The van der Waals surface area contributed by atoms with Gasteiger partial charge in [0, 0.05) is 37.9 Å². The van der Waals surface area contributed by atoms with E-state index in [1.807, 2.05) is 18.3 Å². The Labute approximate surface area is 138 Å². The van der Waals surface area contributed by atoms with Crippen LogP contribution in [0.25, 0.3) is 10.9 Å². The molecule has 0 spiro atoms. The highest BCUT2D eigenvalue weighted by molar-refractivity contribution is 5.78. The first-order valence-corrected chi connectivity index (χ1v) is 8.23. The lowest BCUT2D eigenvalue weighted by Gasteiger charge is -2.06. The molecule has 1 fully saturated rings. The molecule has 1 saturated carbocycles. The maximum Gasteiger partial charge on any atom is 0.275 e. The van der Waals surface area contributed by atoms with Crippen molar-refractivity contribution < 1.29 is 9.26 Å². The van der Waals surface area contributed by atoms with Crippen molar-refractivity contribution in [2.24, 2.45) is 5.92 Å². The van der Waals surface area contributed by atoms with Crippen molar-refractivity contribution in [3.05, 3.63) is 46.6 Å². The summed E-state index contributed by atoms with van der Waals surface area (Å²) in [4.78, 5) is 17.1. The van der Waals surface area contributed by atoms with Gasteiger partial charge >= 0.3 is 0 Å². The monoisotopic (exact) mass is 328 g/mol. The number of nitrogens with zero attached hydrogens (tertiary/aromatic N) is 4. The Bertz CT molecular complexity index is 904. The number of fused-ring (bicyclic) bond motifs is 1. The zero-order valence-electron chi connectivity index (χ0n) is 13.6. The molecule has 0 N–H and O–H groups in total. The van der Waals surface area contributed by atoms with Crippen molar-refractivity contribution in [2.45, 2.75) is 32.4 Å². The Hall–Kier alpha value is -2.41. The van der Waals surface area contributed by atoms with Crippen molar-refractivity contribution in [1.29, 1.82) is 0 Å². The molecule has 0 unspecified atom stereocenters. The number of methoxy groups -OCH3 is 1. The molecular formula is C17H20N4O3. The molecule has 0 radical (unpaired) electrons. The molecule has 0 aliphatic heterocycles. The minimum Gasteiger partial charge on any atom is -0.384 e. The zero-order chi connectivity index (χ0) is 16.5. The predicted octanol–water partition coefficient (Wildman–Crippen LogP) is 1.83. The van der Waals surface area contributed by atoms with E-state index < -0.39 is 0 Å². The lowest BCUT2D eigenvalue weighted by atomic mass is 10.3. The summed E-state index contributed by atoms with van der Waals surface area (Å²) >= 11 is 0. The van der Waals surface area contributed by atoms with Gasteiger partial charge in [-0.25, -0.2) is 0 Å². The van der Waals surface area contributed by atoms with E-state index in [1.165, 1.54) is 12.8 Å². The van der Waals surface area contributed by atoms with Gasteiger partial charge in [-0.2, -0.15) is 4.98 Å². The number of rotatable bonds is 7. The van der Waals surface area contributed by atoms with Crippen molar-refractivity contribution in [3.8, 4) is 0 Å². The summed E-state index contributed by atoms with van der Waals surface area (Å²) in [7, 11) is 1.63. The van der Waals surface area contributed by atoms with Crippen LogP contribution >= 0.6 is 0 Å². The largest absolute Gasteiger partial charge is 0.384 e. The van der Waals surface area contributed by atoms with Crippen LogP contribution < -0.4 is 5.56 Å². The predicted molar refractivity (Wildman–Crippen MR) is 87.9 cm³/mol. The van der Waals surface area contributed by atoms with Crippen LogP contribution in [0.1, 0.15) is 24.6 Å². The molecule has 0 bridgehead atoms. The standard InChI is InChI=1S/C17H20N4O3/c1-23-9-6-14-18-15(24-19-14)11-21-8-5-13-4-7-20(10-12-2-3-12)16(13)17(21)22/h4-5,7-8,12H,2-3,6,9-11H2,1H3. The average Bonchev–Trinajstić information content (AvgIpc) is 3.13. The summed E-state index contributed by atoms with van der Waals surface area (Å²) in [6, 6.07) is 3.96. The van der Waals surface area contributed by atoms with Gasteiger partial charge in [-0.05, 0) is 30.9 Å². The maximum absolute atomic E-state index is 12.8. The van der Waals surface area contributed by atoms with Gasteiger partial charge in [0.1, 0.15) is 12.1 Å². The Kier molecular flexibility index (Phi) is 3.93. The molecule has 3 aromatic heterocycles. The van der Waals surface area contributed by atoms with Crippen molar-refractivity contribution in [1.82, 2.24) is 19.3 Å². The Morgan fingerprint density at radius 3 is 2.83 bits per heavy atom. The second-order valence-corrected chi connectivity index (χ2v) is 6.31. The van der Waals surface area contributed by atoms with Gasteiger partial charge in [0.15, 0.2) is 5.82 Å². The van der Waals surface area contributed by atoms with Crippen LogP contribution in [0.3, 0.4) is 0 Å². The van der Waals surface area contributed by atoms with E-state index in [9.17, 15) is 4.79 Å². The summed E-state index contributed by atoms with van der Waals surface area (Å²) in [5, 5.41) is 4.89. The maximum atomic E-state index is 12.8. The van der Waals surface area contributed by atoms with E-state index in [0.29, 0.717) is 30.7 Å². The SMILES string of the molecule is COCCc1noc(Cn2ccc3ccn(CC4CC4)c3c2=O)n1. The van der Waals surface area contributed by atoms with E-state index in [1.54, 1.807) is 17.9 Å². The quantitative estimate of drug-likeness (QED) is 0.661. The minimum atomic E-state index is -0.0187. The zero-order valence-corrected chi connectivity index (χ0v) is 13.6. The first-order valence-electron chi connectivity index (χ1n) is 8.23. The van der Waals surface area contributed by atoms with Crippen LogP contribution in [0, 0.1) is 5.92 Å². The molecule has 7 heteroatoms. The van der Waals surface area contributed by atoms with E-state index in [0.717, 1.165) is 17.4 Å². The minimum absolute atomic E-state index is 0.0187. The summed E-state index contributed by atoms with van der Waals surface area (Å²) in [5.41, 5.74) is 0.735. The van der Waals surface area contributed by atoms with Gasteiger partial charge in [-0.1, -0.05) is 5.16 Å². The average molecular weight is 328 g/mol. The topological polar surface area (TPSA) is 75.1 Å². The third-order valence-corrected chi connectivity index (χ3v) is 4.39. The fraction of sp³-hybridized carbons (Fsp3) is 0.471. The van der Waals surface area contributed by atoms with Gasteiger partial charge in [0.25, 0.3) is 5.56 Å². The van der Waals surface area contributed by atoms with E-state index >= 15 is 0 Å². The molecule has 24 heavy (non-hydrogen) atoms.